The van der Waals surface area contributed by atoms with Crippen LogP contribution in [0.25, 0.3) is 11.1 Å². The molecule has 0 saturated carbocycles. The van der Waals surface area contributed by atoms with Gasteiger partial charge >= 0.3 is 0 Å². The van der Waals surface area contributed by atoms with Crippen molar-refractivity contribution in [3.05, 3.63) is 63.0 Å². The van der Waals surface area contributed by atoms with Crippen molar-refractivity contribution in [1.29, 1.82) is 0 Å². The van der Waals surface area contributed by atoms with Gasteiger partial charge in [-0.1, -0.05) is 24.8 Å². The first-order valence-corrected chi connectivity index (χ1v) is 7.07. The van der Waals surface area contributed by atoms with E-state index in [1.54, 1.807) is 6.08 Å². The Balaban J connectivity index is 2.44. The molecule has 1 aromatic carbocycles. The fourth-order valence-corrected chi connectivity index (χ4v) is 2.37. The molecule has 1 aromatic heterocycles. The molecule has 2 aromatic rings. The molecular formula is C16H16BrNO2. The number of nitrogens with one attached hydrogen (secondary N) is 1. The molecule has 1 heterocycles. The van der Waals surface area contributed by atoms with E-state index >= 15 is 0 Å². The largest absolute Gasteiger partial charge is 0.490 e. The molecule has 0 aliphatic carbocycles. The Kier molecular flexibility index (Phi) is 4.45. The number of benzene rings is 1. The van der Waals surface area contributed by atoms with Crippen LogP contribution in [0.5, 0.6) is 5.75 Å². The van der Waals surface area contributed by atoms with Crippen LogP contribution in [0.15, 0.2) is 46.2 Å². The van der Waals surface area contributed by atoms with Gasteiger partial charge in [0.1, 0.15) is 12.4 Å². The molecule has 104 valence electrons. The second-order valence-electron chi connectivity index (χ2n) is 4.52. The van der Waals surface area contributed by atoms with E-state index in [0.717, 1.165) is 22.7 Å². The van der Waals surface area contributed by atoms with Gasteiger partial charge in [-0.2, -0.15) is 0 Å². The zero-order valence-electron chi connectivity index (χ0n) is 11.5. The molecule has 0 saturated heterocycles. The number of aromatic amines is 1. The van der Waals surface area contributed by atoms with Gasteiger partial charge in [0.05, 0.1) is 4.47 Å². The number of rotatable bonds is 4. The number of hydrogen-bond acceptors (Lipinski definition) is 2. The molecule has 0 radical (unpaired) electrons. The van der Waals surface area contributed by atoms with E-state index in [-0.39, 0.29) is 5.43 Å². The quantitative estimate of drug-likeness (QED) is 0.859. The second-order valence-corrected chi connectivity index (χ2v) is 5.31. The maximum atomic E-state index is 12.4. The lowest BCUT2D eigenvalue weighted by Gasteiger charge is -2.10. The van der Waals surface area contributed by atoms with Crippen LogP contribution in [-0.4, -0.2) is 11.6 Å². The Morgan fingerprint density at radius 3 is 2.50 bits per heavy atom. The zero-order valence-corrected chi connectivity index (χ0v) is 13.1. The third-order valence-corrected chi connectivity index (χ3v) is 3.97. The van der Waals surface area contributed by atoms with Crippen molar-refractivity contribution in [2.24, 2.45) is 0 Å². The molecular weight excluding hydrogens is 318 g/mol. The van der Waals surface area contributed by atoms with Gasteiger partial charge in [-0.15, -0.1) is 0 Å². The second kappa shape index (κ2) is 6.09. The molecule has 3 nitrogen and oxygen atoms in total. The van der Waals surface area contributed by atoms with Gasteiger partial charge in [0.25, 0.3) is 0 Å². The van der Waals surface area contributed by atoms with E-state index in [1.165, 1.54) is 0 Å². The first-order valence-electron chi connectivity index (χ1n) is 6.27. The number of hydrogen-bond donors (Lipinski definition) is 1. The predicted molar refractivity (Wildman–Crippen MR) is 85.4 cm³/mol. The molecule has 0 atom stereocenters. The molecule has 0 spiro atoms. The summed E-state index contributed by atoms with van der Waals surface area (Å²) >= 11 is 3.33. The van der Waals surface area contributed by atoms with Crippen molar-refractivity contribution in [2.75, 3.05) is 6.61 Å². The van der Waals surface area contributed by atoms with Crippen LogP contribution in [0.1, 0.15) is 11.4 Å². The molecule has 1 N–H and O–H groups in total. The van der Waals surface area contributed by atoms with Crippen LogP contribution >= 0.6 is 15.9 Å². The third-order valence-electron chi connectivity index (χ3n) is 3.02. The van der Waals surface area contributed by atoms with Crippen molar-refractivity contribution >= 4 is 15.9 Å². The van der Waals surface area contributed by atoms with Crippen molar-refractivity contribution in [1.82, 2.24) is 4.98 Å². The molecule has 0 unspecified atom stereocenters. The average Bonchev–Trinajstić information content (AvgIpc) is 2.44. The SMILES string of the molecule is C=CCOc1ccc(-c2c(C)[nH]c(C)c(Br)c2=O)cc1. The van der Waals surface area contributed by atoms with Crippen LogP contribution < -0.4 is 10.2 Å². The van der Waals surface area contributed by atoms with Gasteiger partial charge in [0.2, 0.25) is 5.43 Å². The topological polar surface area (TPSA) is 42.1 Å². The zero-order chi connectivity index (χ0) is 14.7. The molecule has 20 heavy (non-hydrogen) atoms. The van der Waals surface area contributed by atoms with E-state index in [2.05, 4.69) is 27.5 Å². The summed E-state index contributed by atoms with van der Waals surface area (Å²) in [5.41, 5.74) is 3.24. The Morgan fingerprint density at radius 1 is 1.25 bits per heavy atom. The smallest absolute Gasteiger partial charge is 0.204 e. The summed E-state index contributed by atoms with van der Waals surface area (Å²) in [6.45, 7) is 7.84. The molecule has 0 amide bonds. The van der Waals surface area contributed by atoms with Crippen LogP contribution in [0.2, 0.25) is 0 Å². The summed E-state index contributed by atoms with van der Waals surface area (Å²) in [4.78, 5) is 15.6. The number of aromatic nitrogens is 1. The molecule has 2 rings (SSSR count). The Morgan fingerprint density at radius 2 is 1.90 bits per heavy atom. The van der Waals surface area contributed by atoms with Crippen LogP contribution in [0.3, 0.4) is 0 Å². The minimum atomic E-state index is -0.00138. The van der Waals surface area contributed by atoms with Gasteiger partial charge in [-0.05, 0) is 47.5 Å². The lowest BCUT2D eigenvalue weighted by Crippen LogP contribution is -2.11. The first kappa shape index (κ1) is 14.6. The summed E-state index contributed by atoms with van der Waals surface area (Å²) in [5.74, 6) is 0.758. The molecule has 4 heteroatoms. The van der Waals surface area contributed by atoms with Crippen LogP contribution in [-0.2, 0) is 0 Å². The Bertz CT molecular complexity index is 687. The van der Waals surface area contributed by atoms with E-state index in [9.17, 15) is 4.79 Å². The first-order chi connectivity index (χ1) is 9.54. The van der Waals surface area contributed by atoms with Gasteiger partial charge in [-0.3, -0.25) is 4.79 Å². The highest BCUT2D eigenvalue weighted by Gasteiger charge is 2.12. The highest BCUT2D eigenvalue weighted by molar-refractivity contribution is 9.10. The number of pyridine rings is 1. The number of halogens is 1. The fraction of sp³-hybridized carbons (Fsp3) is 0.188. The minimum Gasteiger partial charge on any atom is -0.490 e. The van der Waals surface area contributed by atoms with Gasteiger partial charge in [0.15, 0.2) is 0 Å². The van der Waals surface area contributed by atoms with Crippen LogP contribution in [0, 0.1) is 13.8 Å². The molecule has 0 bridgehead atoms. The van der Waals surface area contributed by atoms with E-state index < -0.39 is 0 Å². The lowest BCUT2D eigenvalue weighted by atomic mass is 10.0. The number of aryl methyl sites for hydroxylation is 2. The van der Waals surface area contributed by atoms with Gasteiger partial charge < -0.3 is 9.72 Å². The maximum absolute atomic E-state index is 12.4. The maximum Gasteiger partial charge on any atom is 0.204 e. The lowest BCUT2D eigenvalue weighted by molar-refractivity contribution is 0.363. The third kappa shape index (κ3) is 2.85. The number of ether oxygens (including phenoxy) is 1. The Labute approximate surface area is 126 Å². The van der Waals surface area contributed by atoms with Gasteiger partial charge in [0, 0.05) is 17.0 Å². The molecule has 0 aliphatic heterocycles. The van der Waals surface area contributed by atoms with Gasteiger partial charge in [-0.25, -0.2) is 0 Å². The summed E-state index contributed by atoms with van der Waals surface area (Å²) in [7, 11) is 0. The van der Waals surface area contributed by atoms with E-state index in [1.807, 2.05) is 38.1 Å². The summed E-state index contributed by atoms with van der Waals surface area (Å²) in [6.07, 6.45) is 1.69. The van der Waals surface area contributed by atoms with E-state index in [4.69, 9.17) is 4.74 Å². The average molecular weight is 334 g/mol. The summed E-state index contributed by atoms with van der Waals surface area (Å²) in [5, 5.41) is 0. The summed E-state index contributed by atoms with van der Waals surface area (Å²) < 4.78 is 6.01. The van der Waals surface area contributed by atoms with Crippen molar-refractivity contribution in [2.45, 2.75) is 13.8 Å². The highest BCUT2D eigenvalue weighted by atomic mass is 79.9. The van der Waals surface area contributed by atoms with E-state index in [0.29, 0.717) is 16.6 Å². The highest BCUT2D eigenvalue weighted by Crippen LogP contribution is 2.24. The molecule has 0 fully saturated rings. The van der Waals surface area contributed by atoms with Crippen molar-refractivity contribution in [3.8, 4) is 16.9 Å². The standard InChI is InChI=1S/C16H16BrNO2/c1-4-9-20-13-7-5-12(6-8-13)14-10(2)18-11(3)15(17)16(14)19/h4-8H,1,9H2,2-3H3,(H,18,19). The normalized spacial score (nSPS) is 10.3. The number of H-pyrrole nitrogens is 1. The monoisotopic (exact) mass is 333 g/mol. The van der Waals surface area contributed by atoms with Crippen molar-refractivity contribution < 1.29 is 4.74 Å². The Hall–Kier alpha value is -1.81. The van der Waals surface area contributed by atoms with Crippen LogP contribution in [0.4, 0.5) is 0 Å². The molecule has 0 aliphatic rings. The fourth-order valence-electron chi connectivity index (χ4n) is 2.07. The van der Waals surface area contributed by atoms with Crippen molar-refractivity contribution in [3.63, 3.8) is 0 Å². The minimum absolute atomic E-state index is 0.00138. The summed E-state index contributed by atoms with van der Waals surface area (Å²) in [6, 6.07) is 7.48. The predicted octanol–water partition coefficient (Wildman–Crippen LogP) is 3.99.